The summed E-state index contributed by atoms with van der Waals surface area (Å²) >= 11 is 0. The van der Waals surface area contributed by atoms with Crippen molar-refractivity contribution in [2.75, 3.05) is 16.8 Å². The summed E-state index contributed by atoms with van der Waals surface area (Å²) in [5.74, 6) is 1.92. The molecule has 2 aromatic heterocycles. The minimum absolute atomic E-state index is 0. The van der Waals surface area contributed by atoms with Gasteiger partial charge in [-0.25, -0.2) is 9.78 Å². The molecule has 1 atom stereocenters. The molecule has 0 unspecified atom stereocenters. The van der Waals surface area contributed by atoms with Gasteiger partial charge in [-0.3, -0.25) is 5.10 Å². The van der Waals surface area contributed by atoms with Crippen molar-refractivity contribution in [2.24, 2.45) is 0 Å². The maximum Gasteiger partial charge on any atom is 0.326 e. The average Bonchev–Trinajstić information content (AvgIpc) is 3.47. The van der Waals surface area contributed by atoms with Crippen LogP contribution in [0.4, 0.5) is 17.6 Å². The van der Waals surface area contributed by atoms with Crippen molar-refractivity contribution in [1.29, 1.82) is 0 Å². The molecule has 0 aromatic carbocycles. The van der Waals surface area contributed by atoms with Gasteiger partial charge in [-0.15, -0.1) is 12.4 Å². The largest absolute Gasteiger partial charge is 0.480 e. The van der Waals surface area contributed by atoms with Gasteiger partial charge in [0.05, 0.1) is 11.4 Å². The molecule has 0 bridgehead atoms. The fraction of sp³-hybridized carbons (Fsp3) is 0.600. The highest BCUT2D eigenvalue weighted by atomic mass is 35.5. The minimum atomic E-state index is -0.800. The van der Waals surface area contributed by atoms with Crippen molar-refractivity contribution in [3.05, 3.63) is 23.0 Å². The van der Waals surface area contributed by atoms with Gasteiger partial charge in [-0.05, 0) is 44.9 Å². The third-order valence-corrected chi connectivity index (χ3v) is 6.34. The highest BCUT2D eigenvalue weighted by Gasteiger charge is 2.33. The van der Waals surface area contributed by atoms with E-state index < -0.39 is 12.0 Å². The maximum atomic E-state index is 11.6. The standard InChI is InChI=1S/C20H26N6O2.ClH/c27-19(28)16-9-4-10-26(16)20-21-14-8-3-7-13(14)18(23-20)22-17-11-15(24-25-17)12-5-1-2-6-12;/h11-12,16H,1-10H2,(H,27,28)(H2,21,22,23,24,25);1H/t16-;/m0./s1. The van der Waals surface area contributed by atoms with Crippen molar-refractivity contribution >= 4 is 36.0 Å². The monoisotopic (exact) mass is 418 g/mol. The molecular weight excluding hydrogens is 392 g/mol. The van der Waals surface area contributed by atoms with Crippen LogP contribution in [0.2, 0.25) is 0 Å². The van der Waals surface area contributed by atoms with Gasteiger partial charge in [-0.1, -0.05) is 12.8 Å². The van der Waals surface area contributed by atoms with Crippen LogP contribution in [0.15, 0.2) is 6.07 Å². The smallest absolute Gasteiger partial charge is 0.326 e. The Bertz CT molecular complexity index is 895. The molecule has 3 N–H and O–H groups in total. The fourth-order valence-corrected chi connectivity index (χ4v) is 4.87. The fourth-order valence-electron chi connectivity index (χ4n) is 4.87. The number of rotatable bonds is 5. The van der Waals surface area contributed by atoms with Gasteiger partial charge < -0.3 is 15.3 Å². The summed E-state index contributed by atoms with van der Waals surface area (Å²) in [5.41, 5.74) is 3.31. The zero-order valence-corrected chi connectivity index (χ0v) is 17.2. The summed E-state index contributed by atoms with van der Waals surface area (Å²) < 4.78 is 0. The van der Waals surface area contributed by atoms with Crippen LogP contribution in [-0.2, 0) is 17.6 Å². The topological polar surface area (TPSA) is 107 Å². The number of aromatic amines is 1. The number of halogens is 1. The van der Waals surface area contributed by atoms with E-state index in [1.807, 2.05) is 4.90 Å². The number of aromatic nitrogens is 4. The average molecular weight is 419 g/mol. The van der Waals surface area contributed by atoms with E-state index in [1.165, 1.54) is 25.7 Å². The normalized spacial score (nSPS) is 21.2. The third kappa shape index (κ3) is 3.77. The summed E-state index contributed by atoms with van der Waals surface area (Å²) in [4.78, 5) is 22.9. The SMILES string of the molecule is Cl.O=C(O)[C@@H]1CCCN1c1nc2c(c(Nc3cc(C4CCCC4)n[nH]3)n1)CCC2. The number of anilines is 3. The molecule has 29 heavy (non-hydrogen) atoms. The summed E-state index contributed by atoms with van der Waals surface area (Å²) in [7, 11) is 0. The first-order valence-corrected chi connectivity index (χ1v) is 10.4. The summed E-state index contributed by atoms with van der Waals surface area (Å²) in [6.45, 7) is 0.686. The Morgan fingerprint density at radius 3 is 2.76 bits per heavy atom. The van der Waals surface area contributed by atoms with Crippen molar-refractivity contribution in [3.63, 3.8) is 0 Å². The van der Waals surface area contributed by atoms with Crippen LogP contribution in [-0.4, -0.2) is 43.8 Å². The van der Waals surface area contributed by atoms with Crippen molar-refractivity contribution < 1.29 is 9.90 Å². The molecular formula is C20H27ClN6O2. The van der Waals surface area contributed by atoms with Gasteiger partial charge in [0.2, 0.25) is 5.95 Å². The van der Waals surface area contributed by atoms with E-state index in [0.29, 0.717) is 24.8 Å². The van der Waals surface area contributed by atoms with E-state index in [9.17, 15) is 9.90 Å². The molecule has 1 aliphatic heterocycles. The summed E-state index contributed by atoms with van der Waals surface area (Å²) in [6, 6.07) is 1.56. The number of carboxylic acid groups (broad SMARTS) is 1. The number of carbonyl (C=O) groups is 1. The first kappa shape index (κ1) is 19.9. The number of nitrogens with zero attached hydrogens (tertiary/aromatic N) is 4. The number of H-pyrrole nitrogens is 1. The molecule has 0 radical (unpaired) electrons. The molecule has 5 rings (SSSR count). The van der Waals surface area contributed by atoms with Gasteiger partial charge in [-0.2, -0.15) is 10.1 Å². The predicted octanol–water partition coefficient (Wildman–Crippen LogP) is 3.56. The second-order valence-corrected chi connectivity index (χ2v) is 8.15. The van der Waals surface area contributed by atoms with Crippen LogP contribution >= 0.6 is 12.4 Å². The number of carboxylic acids is 1. The first-order valence-electron chi connectivity index (χ1n) is 10.4. The molecule has 3 aliphatic rings. The van der Waals surface area contributed by atoms with Crippen LogP contribution < -0.4 is 10.2 Å². The van der Waals surface area contributed by atoms with Crippen molar-refractivity contribution in [2.45, 2.75) is 69.7 Å². The zero-order chi connectivity index (χ0) is 19.1. The van der Waals surface area contributed by atoms with Crippen LogP contribution in [0.1, 0.15) is 67.8 Å². The van der Waals surface area contributed by atoms with E-state index in [1.54, 1.807) is 0 Å². The highest BCUT2D eigenvalue weighted by Crippen LogP contribution is 2.35. The lowest BCUT2D eigenvalue weighted by Gasteiger charge is -2.23. The summed E-state index contributed by atoms with van der Waals surface area (Å²) in [5, 5.41) is 20.5. The van der Waals surface area contributed by atoms with Gasteiger partial charge in [0.25, 0.3) is 0 Å². The van der Waals surface area contributed by atoms with E-state index in [-0.39, 0.29) is 12.4 Å². The Labute approximate surface area is 175 Å². The predicted molar refractivity (Wildman–Crippen MR) is 112 cm³/mol. The number of hydrogen-bond donors (Lipinski definition) is 3. The van der Waals surface area contributed by atoms with Crippen molar-refractivity contribution in [3.8, 4) is 0 Å². The van der Waals surface area contributed by atoms with Gasteiger partial charge >= 0.3 is 5.97 Å². The molecule has 9 heteroatoms. The third-order valence-electron chi connectivity index (χ3n) is 6.34. The molecule has 2 aliphatic carbocycles. The molecule has 1 saturated carbocycles. The molecule has 2 fully saturated rings. The number of fused-ring (bicyclic) bond motifs is 1. The highest BCUT2D eigenvalue weighted by molar-refractivity contribution is 5.85. The lowest BCUT2D eigenvalue weighted by molar-refractivity contribution is -0.138. The maximum absolute atomic E-state index is 11.6. The molecule has 0 amide bonds. The molecule has 0 spiro atoms. The van der Waals surface area contributed by atoms with E-state index in [2.05, 4.69) is 21.6 Å². The Morgan fingerprint density at radius 1 is 1.14 bits per heavy atom. The molecule has 1 saturated heterocycles. The Morgan fingerprint density at radius 2 is 1.97 bits per heavy atom. The quantitative estimate of drug-likeness (QED) is 0.681. The van der Waals surface area contributed by atoms with Gasteiger partial charge in [0.1, 0.15) is 17.7 Å². The van der Waals surface area contributed by atoms with E-state index in [4.69, 9.17) is 9.97 Å². The van der Waals surface area contributed by atoms with Crippen LogP contribution in [0.5, 0.6) is 0 Å². The molecule has 3 heterocycles. The van der Waals surface area contributed by atoms with E-state index >= 15 is 0 Å². The summed E-state index contributed by atoms with van der Waals surface area (Å²) in [6.07, 6.45) is 9.40. The van der Waals surface area contributed by atoms with Crippen LogP contribution in [0, 0.1) is 0 Å². The Balaban J connectivity index is 0.00000205. The first-order chi connectivity index (χ1) is 13.7. The number of aryl methyl sites for hydroxylation is 1. The van der Waals surface area contributed by atoms with Gasteiger partial charge in [0, 0.05) is 24.1 Å². The second kappa shape index (κ2) is 8.18. The molecule has 156 valence electrons. The van der Waals surface area contributed by atoms with Gasteiger partial charge in [0.15, 0.2) is 0 Å². The Hall–Kier alpha value is -2.35. The van der Waals surface area contributed by atoms with Crippen LogP contribution in [0.3, 0.4) is 0 Å². The Kier molecular flexibility index (Phi) is 5.63. The second-order valence-electron chi connectivity index (χ2n) is 8.15. The zero-order valence-electron chi connectivity index (χ0n) is 16.4. The minimum Gasteiger partial charge on any atom is -0.480 e. The number of hydrogen-bond acceptors (Lipinski definition) is 6. The lowest BCUT2D eigenvalue weighted by atomic mass is 10.0. The van der Waals surface area contributed by atoms with E-state index in [0.717, 1.165) is 54.3 Å². The number of aliphatic carboxylic acids is 1. The lowest BCUT2D eigenvalue weighted by Crippen LogP contribution is -2.37. The molecule has 8 nitrogen and oxygen atoms in total. The van der Waals surface area contributed by atoms with Crippen LogP contribution in [0.25, 0.3) is 0 Å². The molecule has 2 aromatic rings. The number of nitrogens with one attached hydrogen (secondary N) is 2. The van der Waals surface area contributed by atoms with Crippen molar-refractivity contribution in [1.82, 2.24) is 20.2 Å².